The third kappa shape index (κ3) is 5.32. The Morgan fingerprint density at radius 1 is 0.930 bits per heavy atom. The van der Waals surface area contributed by atoms with Crippen molar-refractivity contribution in [1.29, 1.82) is 0 Å². The number of amides is 2. The summed E-state index contributed by atoms with van der Waals surface area (Å²) >= 11 is 12.5. The van der Waals surface area contributed by atoms with Gasteiger partial charge in [-0.1, -0.05) is 66.4 Å². The van der Waals surface area contributed by atoms with Crippen LogP contribution in [0, 0.1) is 18.8 Å². The van der Waals surface area contributed by atoms with E-state index in [4.69, 9.17) is 32.9 Å². The largest absolute Gasteiger partial charge is 0.451 e. The number of ketones is 1. The fraction of sp³-hybridized carbons (Fsp3) is 0.265. The molecule has 4 aromatic rings. The van der Waals surface area contributed by atoms with Gasteiger partial charge in [0.05, 0.1) is 34.3 Å². The van der Waals surface area contributed by atoms with Gasteiger partial charge >= 0.3 is 5.97 Å². The Labute approximate surface area is 258 Å². The maximum Gasteiger partial charge on any atom is 0.339 e. The number of pyridine rings is 1. The van der Waals surface area contributed by atoms with Gasteiger partial charge in [-0.3, -0.25) is 19.3 Å². The van der Waals surface area contributed by atoms with Crippen LogP contribution in [0.15, 0.2) is 66.7 Å². The molecule has 0 N–H and O–H groups in total. The summed E-state index contributed by atoms with van der Waals surface area (Å²) in [5.41, 5.74) is 3.42. The third-order valence-corrected chi connectivity index (χ3v) is 9.06. The quantitative estimate of drug-likeness (QED) is 0.126. The topological polar surface area (TPSA) is 93.6 Å². The van der Waals surface area contributed by atoms with Gasteiger partial charge in [0.15, 0.2) is 6.10 Å². The number of carbonyl (C=O) groups excluding carboxylic acids is 4. The first-order valence-electron chi connectivity index (χ1n) is 14.2. The first-order valence-corrected chi connectivity index (χ1v) is 15.0. The van der Waals surface area contributed by atoms with Gasteiger partial charge in [-0.05, 0) is 68.7 Å². The lowest BCUT2D eigenvalue weighted by Gasteiger charge is -2.19. The van der Waals surface area contributed by atoms with Crippen LogP contribution in [0.5, 0.6) is 0 Å². The average Bonchev–Trinajstić information content (AvgIpc) is 3.27. The number of anilines is 1. The van der Waals surface area contributed by atoms with Crippen molar-refractivity contribution < 1.29 is 23.9 Å². The molecule has 1 aromatic heterocycles. The Kier molecular flexibility index (Phi) is 7.79. The highest BCUT2D eigenvalue weighted by molar-refractivity contribution is 6.32. The summed E-state index contributed by atoms with van der Waals surface area (Å²) in [5, 5.41) is 1.43. The van der Waals surface area contributed by atoms with Crippen molar-refractivity contribution >= 4 is 63.4 Å². The van der Waals surface area contributed by atoms with Crippen molar-refractivity contribution in [3.05, 3.63) is 93.5 Å². The van der Waals surface area contributed by atoms with Crippen LogP contribution in [-0.4, -0.2) is 34.7 Å². The molecule has 3 unspecified atom stereocenters. The third-order valence-electron chi connectivity index (χ3n) is 8.41. The van der Waals surface area contributed by atoms with Crippen LogP contribution >= 0.6 is 23.2 Å². The summed E-state index contributed by atoms with van der Waals surface area (Å²) in [6.45, 7) is 3.33. The van der Waals surface area contributed by atoms with Gasteiger partial charge in [-0.15, -0.1) is 0 Å². The number of halogens is 2. The van der Waals surface area contributed by atoms with Crippen molar-refractivity contribution in [3.63, 3.8) is 0 Å². The first-order chi connectivity index (χ1) is 20.6. The molecule has 7 nitrogen and oxygen atoms in total. The van der Waals surface area contributed by atoms with Crippen molar-refractivity contribution in [2.45, 2.75) is 45.6 Å². The molecule has 2 amide bonds. The van der Waals surface area contributed by atoms with E-state index >= 15 is 0 Å². The lowest BCUT2D eigenvalue weighted by atomic mass is 9.81. The Bertz CT molecular complexity index is 1780. The van der Waals surface area contributed by atoms with Crippen LogP contribution in [0.25, 0.3) is 22.2 Å². The Balaban J connectivity index is 1.33. The maximum absolute atomic E-state index is 13.5. The van der Waals surface area contributed by atoms with Gasteiger partial charge in [0.1, 0.15) is 0 Å². The number of Topliss-reactive ketones (excluding diaryl/α,β-unsaturated/α-hetero) is 1. The number of carbonyl (C=O) groups is 4. The van der Waals surface area contributed by atoms with E-state index < -0.39 is 12.1 Å². The fourth-order valence-electron chi connectivity index (χ4n) is 6.07. The Hall–Kier alpha value is -4.07. The molecule has 3 atom stereocenters. The molecular weight excluding hydrogens is 587 g/mol. The van der Waals surface area contributed by atoms with Crippen LogP contribution < -0.4 is 4.90 Å². The van der Waals surface area contributed by atoms with Gasteiger partial charge in [0.2, 0.25) is 17.6 Å². The zero-order chi connectivity index (χ0) is 30.4. The van der Waals surface area contributed by atoms with Gasteiger partial charge in [0.25, 0.3) is 0 Å². The van der Waals surface area contributed by atoms with E-state index in [1.54, 1.807) is 60.7 Å². The summed E-state index contributed by atoms with van der Waals surface area (Å²) in [5.74, 6) is -1.82. The molecule has 2 fully saturated rings. The van der Waals surface area contributed by atoms with Crippen LogP contribution in [0.2, 0.25) is 10.0 Å². The molecule has 0 bridgehead atoms. The summed E-state index contributed by atoms with van der Waals surface area (Å²) in [7, 11) is 0. The SMILES string of the molecule is Cc1c(Cl)ccc2c(C(=O)OC(C)C(=O)c3cccc(Cl)c3)cc(-c3ccc(N4C(=O)C5CCCCC5C4=O)cc3)nc12. The average molecular weight is 616 g/mol. The fourth-order valence-corrected chi connectivity index (χ4v) is 6.42. The highest BCUT2D eigenvalue weighted by atomic mass is 35.5. The van der Waals surface area contributed by atoms with Crippen LogP contribution in [0.3, 0.4) is 0 Å². The van der Waals surface area contributed by atoms with Gasteiger partial charge in [-0.2, -0.15) is 0 Å². The normalized spacial score (nSPS) is 18.9. The Morgan fingerprint density at radius 3 is 2.26 bits per heavy atom. The van der Waals surface area contributed by atoms with E-state index in [0.29, 0.717) is 49.0 Å². The van der Waals surface area contributed by atoms with Crippen molar-refractivity contribution in [2.24, 2.45) is 11.8 Å². The number of fused-ring (bicyclic) bond motifs is 2. The molecule has 1 aliphatic heterocycles. The summed E-state index contributed by atoms with van der Waals surface area (Å²) in [6, 6.07) is 18.5. The summed E-state index contributed by atoms with van der Waals surface area (Å²) in [6.07, 6.45) is 2.35. The molecule has 3 aromatic carbocycles. The highest BCUT2D eigenvalue weighted by Crippen LogP contribution is 2.40. The monoisotopic (exact) mass is 614 g/mol. The minimum absolute atomic E-state index is 0.136. The van der Waals surface area contributed by atoms with Crippen LogP contribution in [0.1, 0.15) is 58.9 Å². The highest BCUT2D eigenvalue weighted by Gasteiger charge is 2.48. The number of imide groups is 1. The molecule has 9 heteroatoms. The van der Waals surface area contributed by atoms with Crippen LogP contribution in [0.4, 0.5) is 5.69 Å². The van der Waals surface area contributed by atoms with Crippen molar-refractivity contribution in [3.8, 4) is 11.3 Å². The summed E-state index contributed by atoms with van der Waals surface area (Å²) < 4.78 is 5.64. The molecule has 2 heterocycles. The lowest BCUT2D eigenvalue weighted by Crippen LogP contribution is -2.30. The first kappa shape index (κ1) is 29.0. The van der Waals surface area contributed by atoms with Crippen molar-refractivity contribution in [1.82, 2.24) is 4.98 Å². The predicted octanol–water partition coefficient (Wildman–Crippen LogP) is 7.62. The van der Waals surface area contributed by atoms with E-state index in [0.717, 1.165) is 25.7 Å². The number of hydrogen-bond donors (Lipinski definition) is 0. The number of hydrogen-bond acceptors (Lipinski definition) is 6. The molecule has 6 rings (SSSR count). The van der Waals surface area contributed by atoms with Gasteiger partial charge in [-0.25, -0.2) is 9.78 Å². The molecule has 1 aliphatic carbocycles. The van der Waals surface area contributed by atoms with E-state index in [9.17, 15) is 19.2 Å². The smallest absolute Gasteiger partial charge is 0.339 e. The molecule has 43 heavy (non-hydrogen) atoms. The molecule has 0 spiro atoms. The standard InChI is InChI=1S/C34H28Cl2N2O5/c1-18-28(36)15-14-24-27(34(42)43-19(2)31(39)21-6-5-7-22(35)16-21)17-29(37-30(18)24)20-10-12-23(13-11-20)38-32(40)25-8-3-4-9-26(25)33(38)41/h5-7,10-17,19,25-26H,3-4,8-9H2,1-2H3. The number of esters is 1. The lowest BCUT2D eigenvalue weighted by molar-refractivity contribution is -0.122. The zero-order valence-corrected chi connectivity index (χ0v) is 25.1. The van der Waals surface area contributed by atoms with Crippen LogP contribution in [-0.2, 0) is 14.3 Å². The second-order valence-corrected chi connectivity index (χ2v) is 11.9. The van der Waals surface area contributed by atoms with E-state index in [1.165, 1.54) is 17.9 Å². The Morgan fingerprint density at radius 2 is 1.60 bits per heavy atom. The number of ether oxygens (including phenoxy) is 1. The second kappa shape index (κ2) is 11.5. The predicted molar refractivity (Wildman–Crippen MR) is 166 cm³/mol. The van der Waals surface area contributed by atoms with E-state index in [1.807, 2.05) is 6.92 Å². The number of benzene rings is 3. The molecule has 0 radical (unpaired) electrons. The van der Waals surface area contributed by atoms with Gasteiger partial charge < -0.3 is 4.74 Å². The number of rotatable bonds is 6. The molecule has 1 saturated carbocycles. The summed E-state index contributed by atoms with van der Waals surface area (Å²) in [4.78, 5) is 58.8. The molecule has 2 aliphatic rings. The number of aryl methyl sites for hydroxylation is 1. The van der Waals surface area contributed by atoms with E-state index in [2.05, 4.69) is 0 Å². The molecule has 1 saturated heterocycles. The van der Waals surface area contributed by atoms with Crippen molar-refractivity contribution in [2.75, 3.05) is 4.90 Å². The second-order valence-electron chi connectivity index (χ2n) is 11.1. The van der Waals surface area contributed by atoms with E-state index in [-0.39, 0.29) is 35.0 Å². The number of aromatic nitrogens is 1. The number of nitrogens with zero attached hydrogens (tertiary/aromatic N) is 2. The zero-order valence-electron chi connectivity index (χ0n) is 23.6. The maximum atomic E-state index is 13.5. The minimum atomic E-state index is -1.07. The minimum Gasteiger partial charge on any atom is -0.451 e. The molecule has 218 valence electrons. The van der Waals surface area contributed by atoms with Gasteiger partial charge in [0, 0.05) is 26.6 Å². The molecular formula is C34H28Cl2N2O5.